The lowest BCUT2D eigenvalue weighted by atomic mass is 10.1. The van der Waals surface area contributed by atoms with Gasteiger partial charge in [-0.2, -0.15) is 0 Å². The average molecular weight is 533 g/mol. The molecule has 1 aliphatic rings. The van der Waals surface area contributed by atoms with Gasteiger partial charge in [0.15, 0.2) is 0 Å². The maximum Gasteiger partial charge on any atom is 0.263 e. The molecule has 1 aliphatic heterocycles. The van der Waals surface area contributed by atoms with E-state index in [1.165, 1.54) is 36.0 Å². The summed E-state index contributed by atoms with van der Waals surface area (Å²) >= 11 is 1.22. The van der Waals surface area contributed by atoms with Crippen molar-refractivity contribution in [3.8, 4) is 23.6 Å². The Hall–Kier alpha value is -3.91. The first kappa shape index (κ1) is 24.8. The average Bonchev–Trinajstić information content (AvgIpc) is 2.88. The molecule has 1 aromatic heterocycles. The fourth-order valence-corrected chi connectivity index (χ4v) is 5.82. The van der Waals surface area contributed by atoms with Crippen LogP contribution in [0.25, 0.3) is 11.3 Å². The fraction of sp³-hybridized carbons (Fsp3) is 0.111. The summed E-state index contributed by atoms with van der Waals surface area (Å²) in [5, 5.41) is 3.23. The van der Waals surface area contributed by atoms with Crippen molar-refractivity contribution in [2.45, 2.75) is 20.7 Å². The van der Waals surface area contributed by atoms with Crippen LogP contribution in [0.3, 0.4) is 0 Å². The summed E-state index contributed by atoms with van der Waals surface area (Å²) in [5.41, 5.74) is 1.83. The quantitative estimate of drug-likeness (QED) is 0.308. The molecule has 7 nitrogen and oxygen atoms in total. The van der Waals surface area contributed by atoms with Crippen LogP contribution in [-0.4, -0.2) is 37.6 Å². The number of sulfonamides is 1. The zero-order valence-electron chi connectivity index (χ0n) is 19.4. The molecule has 0 amide bonds. The predicted octanol–water partition coefficient (Wildman–Crippen LogP) is 5.03. The topological polar surface area (TPSA) is 93.2 Å². The molecule has 1 fully saturated rings. The van der Waals surface area contributed by atoms with Crippen LogP contribution < -0.4 is 10.0 Å². The van der Waals surface area contributed by atoms with Crippen LogP contribution in [-0.2, 0) is 14.8 Å². The van der Waals surface area contributed by atoms with Crippen molar-refractivity contribution < 1.29 is 17.5 Å². The van der Waals surface area contributed by atoms with E-state index >= 15 is 4.39 Å². The summed E-state index contributed by atoms with van der Waals surface area (Å²) in [6, 6.07) is 19.9. The molecule has 0 bridgehead atoms. The van der Waals surface area contributed by atoms with Crippen LogP contribution in [0.5, 0.6) is 0 Å². The molecule has 37 heavy (non-hydrogen) atoms. The van der Waals surface area contributed by atoms with Crippen LogP contribution in [0, 0.1) is 18.2 Å². The van der Waals surface area contributed by atoms with Crippen LogP contribution in [0.2, 0.25) is 0 Å². The molecule has 10 heteroatoms. The monoisotopic (exact) mass is 532 g/mol. The second-order valence-electron chi connectivity index (χ2n) is 8.13. The van der Waals surface area contributed by atoms with E-state index in [2.05, 4.69) is 25.9 Å². The van der Waals surface area contributed by atoms with Crippen LogP contribution >= 0.6 is 11.8 Å². The minimum absolute atomic E-state index is 0.0474. The lowest BCUT2D eigenvalue weighted by molar-refractivity contribution is 0.0208. The lowest BCUT2D eigenvalue weighted by Gasteiger charge is -2.26. The molecule has 3 aromatic carbocycles. The molecule has 0 atom stereocenters. The van der Waals surface area contributed by atoms with Gasteiger partial charge in [-0.25, -0.2) is 22.8 Å². The number of hydrogen-bond acceptors (Lipinski definition) is 7. The van der Waals surface area contributed by atoms with Crippen molar-refractivity contribution in [3.63, 3.8) is 0 Å². The molecule has 2 N–H and O–H groups in total. The summed E-state index contributed by atoms with van der Waals surface area (Å²) in [6.45, 7) is 1.23. The predicted molar refractivity (Wildman–Crippen MR) is 141 cm³/mol. The van der Waals surface area contributed by atoms with Crippen molar-refractivity contribution in [2.24, 2.45) is 0 Å². The number of benzene rings is 3. The molecule has 4 aromatic rings. The Bertz CT molecular complexity index is 1600. The number of aromatic nitrogens is 2. The second kappa shape index (κ2) is 10.6. The molecule has 1 saturated heterocycles. The largest absolute Gasteiger partial charge is 0.377 e. The Labute approximate surface area is 218 Å². The smallest absolute Gasteiger partial charge is 0.263 e. The number of nitrogens with zero attached hydrogens (tertiary/aromatic N) is 2. The van der Waals surface area contributed by atoms with Gasteiger partial charge in [-0.05, 0) is 42.5 Å². The standard InChI is InChI=1S/C27H21FN4O3S2/c1-2-18-7-3-6-10-26(18)37(33,34)32-19-11-12-25(22(28)15-19)36-24-9-5-4-8-21(24)23-13-14-29-27(31-23)30-20-16-35-17-20/h1,3-15,20,32H,16-17H2,(H,29,30,31). The van der Waals surface area contributed by atoms with Crippen molar-refractivity contribution in [1.29, 1.82) is 0 Å². The third-order valence-electron chi connectivity index (χ3n) is 5.53. The number of halogens is 1. The molecule has 2 heterocycles. The zero-order valence-corrected chi connectivity index (χ0v) is 21.0. The van der Waals surface area contributed by atoms with E-state index in [0.717, 1.165) is 16.5 Å². The van der Waals surface area contributed by atoms with Gasteiger partial charge in [0.2, 0.25) is 5.95 Å². The van der Waals surface area contributed by atoms with Crippen molar-refractivity contribution in [3.05, 3.63) is 90.4 Å². The van der Waals surface area contributed by atoms with Gasteiger partial charge in [0.25, 0.3) is 10.0 Å². The maximum absolute atomic E-state index is 15.1. The number of nitrogens with one attached hydrogen (secondary N) is 2. The van der Waals surface area contributed by atoms with Gasteiger partial charge in [-0.15, -0.1) is 6.42 Å². The van der Waals surface area contributed by atoms with Crippen LogP contribution in [0.1, 0.15) is 5.56 Å². The van der Waals surface area contributed by atoms with Gasteiger partial charge in [0, 0.05) is 27.1 Å². The van der Waals surface area contributed by atoms with Gasteiger partial charge in [0.05, 0.1) is 30.6 Å². The molecular weight excluding hydrogens is 511 g/mol. The van der Waals surface area contributed by atoms with Gasteiger partial charge < -0.3 is 10.1 Å². The normalized spacial score (nSPS) is 13.4. The first-order valence-electron chi connectivity index (χ1n) is 11.3. The van der Waals surface area contributed by atoms with Crippen LogP contribution in [0.15, 0.2) is 93.7 Å². The number of rotatable bonds is 8. The summed E-state index contributed by atoms with van der Waals surface area (Å²) in [6.07, 6.45) is 7.10. The molecule has 0 radical (unpaired) electrons. The van der Waals surface area contributed by atoms with Crippen molar-refractivity contribution >= 4 is 33.4 Å². The first-order valence-corrected chi connectivity index (χ1v) is 13.6. The Kier molecular flexibility index (Phi) is 7.10. The highest BCUT2D eigenvalue weighted by atomic mass is 32.2. The van der Waals surface area contributed by atoms with Crippen molar-refractivity contribution in [1.82, 2.24) is 9.97 Å². The molecule has 5 rings (SSSR count). The molecule has 0 unspecified atom stereocenters. The highest BCUT2D eigenvalue weighted by Gasteiger charge is 2.20. The summed E-state index contributed by atoms with van der Waals surface area (Å²) in [5.74, 6) is 2.29. The van der Waals surface area contributed by atoms with Gasteiger partial charge in [0.1, 0.15) is 10.7 Å². The third kappa shape index (κ3) is 5.59. The second-order valence-corrected chi connectivity index (χ2v) is 10.9. The molecular formula is C27H21FN4O3S2. The Morgan fingerprint density at radius 1 is 1.03 bits per heavy atom. The van der Waals surface area contributed by atoms with E-state index in [-0.39, 0.29) is 22.2 Å². The van der Waals surface area contributed by atoms with Crippen LogP contribution in [0.4, 0.5) is 16.0 Å². The summed E-state index contributed by atoms with van der Waals surface area (Å²) in [4.78, 5) is 9.96. The van der Waals surface area contributed by atoms with Gasteiger partial charge >= 0.3 is 0 Å². The van der Waals surface area contributed by atoms with Crippen molar-refractivity contribution in [2.75, 3.05) is 23.3 Å². The summed E-state index contributed by atoms with van der Waals surface area (Å²) in [7, 11) is -3.99. The number of hydrogen-bond donors (Lipinski definition) is 2. The summed E-state index contributed by atoms with van der Waals surface area (Å²) < 4.78 is 48.4. The van der Waals surface area contributed by atoms with E-state index in [4.69, 9.17) is 11.2 Å². The zero-order chi connectivity index (χ0) is 25.8. The highest BCUT2D eigenvalue weighted by Crippen LogP contribution is 2.37. The lowest BCUT2D eigenvalue weighted by Crippen LogP contribution is -2.40. The Morgan fingerprint density at radius 3 is 2.57 bits per heavy atom. The Morgan fingerprint density at radius 2 is 1.81 bits per heavy atom. The molecule has 0 saturated carbocycles. The minimum Gasteiger partial charge on any atom is -0.377 e. The van der Waals surface area contributed by atoms with E-state index in [1.54, 1.807) is 24.4 Å². The number of terminal acetylenes is 1. The Balaban J connectivity index is 1.37. The van der Waals surface area contributed by atoms with E-state index < -0.39 is 15.8 Å². The van der Waals surface area contributed by atoms with Gasteiger partial charge in [-0.1, -0.05) is 48.0 Å². The minimum atomic E-state index is -3.99. The number of ether oxygens (including phenoxy) is 1. The molecule has 186 valence electrons. The SMILES string of the molecule is C#Cc1ccccc1S(=O)(=O)Nc1ccc(Sc2ccccc2-c2ccnc(NC3COC3)n2)c(F)c1. The number of anilines is 2. The first-order chi connectivity index (χ1) is 17.9. The van der Waals surface area contributed by atoms with Gasteiger partial charge in [-0.3, -0.25) is 4.72 Å². The van der Waals surface area contributed by atoms with E-state index in [9.17, 15) is 8.42 Å². The maximum atomic E-state index is 15.1. The third-order valence-corrected chi connectivity index (χ3v) is 8.09. The molecule has 0 spiro atoms. The van der Waals surface area contributed by atoms with E-state index in [1.807, 2.05) is 24.3 Å². The highest BCUT2D eigenvalue weighted by molar-refractivity contribution is 7.99. The van der Waals surface area contributed by atoms with E-state index in [0.29, 0.717) is 29.8 Å². The molecule has 0 aliphatic carbocycles. The fourth-order valence-electron chi connectivity index (χ4n) is 3.64.